The van der Waals surface area contributed by atoms with Gasteiger partial charge >= 0.3 is 0 Å². The molecule has 3 heteroatoms. The molecule has 102 valence electrons. The van der Waals surface area contributed by atoms with Gasteiger partial charge in [-0.05, 0) is 31.2 Å². The molecule has 1 aromatic rings. The van der Waals surface area contributed by atoms with Gasteiger partial charge in [0.05, 0.1) is 5.41 Å². The zero-order chi connectivity index (χ0) is 13.5. The van der Waals surface area contributed by atoms with Crippen LogP contribution in [0.1, 0.15) is 19.4 Å². The fourth-order valence-corrected chi connectivity index (χ4v) is 3.39. The molecule has 0 spiro atoms. The normalized spacial score (nSPS) is 26.5. The van der Waals surface area contributed by atoms with Crippen LogP contribution < -0.4 is 5.32 Å². The highest BCUT2D eigenvalue weighted by atomic mass is 16.2. The number of fused-ring (bicyclic) bond motifs is 1. The second-order valence-electron chi connectivity index (χ2n) is 6.38. The lowest BCUT2D eigenvalue weighted by Gasteiger charge is -2.30. The molecule has 2 atom stereocenters. The van der Waals surface area contributed by atoms with Gasteiger partial charge in [0.1, 0.15) is 0 Å². The molecule has 0 unspecified atom stereocenters. The third kappa shape index (κ3) is 2.16. The predicted molar refractivity (Wildman–Crippen MR) is 75.9 cm³/mol. The van der Waals surface area contributed by atoms with Gasteiger partial charge in [0, 0.05) is 26.2 Å². The maximum absolute atomic E-state index is 12.8. The Kier molecular flexibility index (Phi) is 3.09. The molecule has 2 saturated heterocycles. The first-order valence-electron chi connectivity index (χ1n) is 7.14. The van der Waals surface area contributed by atoms with Crippen LogP contribution in [-0.4, -0.2) is 37.0 Å². The van der Waals surface area contributed by atoms with Crippen molar-refractivity contribution in [3.8, 4) is 0 Å². The van der Waals surface area contributed by atoms with Gasteiger partial charge < -0.3 is 10.2 Å². The minimum Gasteiger partial charge on any atom is -0.341 e. The Bertz CT molecular complexity index is 457. The molecule has 0 saturated carbocycles. The molecular formula is C16H22N2O. The van der Waals surface area contributed by atoms with E-state index in [1.54, 1.807) is 0 Å². The molecule has 2 aliphatic heterocycles. The van der Waals surface area contributed by atoms with Crippen molar-refractivity contribution >= 4 is 5.91 Å². The van der Waals surface area contributed by atoms with Crippen molar-refractivity contribution < 1.29 is 4.79 Å². The monoisotopic (exact) mass is 258 g/mol. The zero-order valence-electron chi connectivity index (χ0n) is 11.7. The maximum atomic E-state index is 12.8. The molecule has 0 aliphatic carbocycles. The van der Waals surface area contributed by atoms with Crippen molar-refractivity contribution in [2.24, 2.45) is 11.8 Å². The molecule has 0 radical (unpaired) electrons. The van der Waals surface area contributed by atoms with Crippen LogP contribution in [0.4, 0.5) is 0 Å². The van der Waals surface area contributed by atoms with Gasteiger partial charge in [-0.25, -0.2) is 0 Å². The summed E-state index contributed by atoms with van der Waals surface area (Å²) < 4.78 is 0. The second-order valence-corrected chi connectivity index (χ2v) is 6.38. The number of carbonyl (C=O) groups excluding carboxylic acids is 1. The quantitative estimate of drug-likeness (QED) is 0.874. The van der Waals surface area contributed by atoms with E-state index in [1.807, 2.05) is 32.0 Å². The lowest BCUT2D eigenvalue weighted by atomic mass is 9.83. The van der Waals surface area contributed by atoms with Crippen LogP contribution in [0.5, 0.6) is 0 Å². The summed E-state index contributed by atoms with van der Waals surface area (Å²) in [5.41, 5.74) is 0.683. The summed E-state index contributed by atoms with van der Waals surface area (Å²) in [6.45, 7) is 8.06. The lowest BCUT2D eigenvalue weighted by molar-refractivity contribution is -0.135. The summed E-state index contributed by atoms with van der Waals surface area (Å²) in [6, 6.07) is 10.1. The summed E-state index contributed by atoms with van der Waals surface area (Å²) in [5, 5.41) is 3.42. The van der Waals surface area contributed by atoms with E-state index in [2.05, 4.69) is 22.3 Å². The lowest BCUT2D eigenvalue weighted by Crippen LogP contribution is -2.43. The molecule has 1 N–H and O–H groups in total. The number of nitrogens with one attached hydrogen (secondary N) is 1. The molecule has 2 heterocycles. The maximum Gasteiger partial charge on any atom is 0.232 e. The van der Waals surface area contributed by atoms with Crippen LogP contribution in [-0.2, 0) is 10.2 Å². The molecule has 19 heavy (non-hydrogen) atoms. The minimum atomic E-state index is -0.423. The molecule has 1 aromatic carbocycles. The number of rotatable bonds is 2. The van der Waals surface area contributed by atoms with E-state index in [1.165, 1.54) is 0 Å². The number of carbonyl (C=O) groups is 1. The largest absolute Gasteiger partial charge is 0.341 e. The average Bonchev–Trinajstić information content (AvgIpc) is 2.99. The number of likely N-dealkylation sites (tertiary alicyclic amines) is 1. The van der Waals surface area contributed by atoms with Crippen LogP contribution in [0.3, 0.4) is 0 Å². The zero-order valence-corrected chi connectivity index (χ0v) is 11.7. The van der Waals surface area contributed by atoms with E-state index >= 15 is 0 Å². The minimum absolute atomic E-state index is 0.271. The molecule has 2 aliphatic rings. The SMILES string of the molecule is CC(C)(C(=O)N1C[C@H]2CNC[C@H]2C1)c1ccccc1. The standard InChI is InChI=1S/C16H22N2O/c1-16(2,14-6-4-3-5-7-14)15(19)18-10-12-8-17-9-13(12)11-18/h3-7,12-13,17H,8-11H2,1-2H3/t12-,13+. The Hall–Kier alpha value is -1.35. The number of hydrogen-bond acceptors (Lipinski definition) is 2. The van der Waals surface area contributed by atoms with Gasteiger partial charge in [-0.3, -0.25) is 4.79 Å². The van der Waals surface area contributed by atoms with E-state index in [9.17, 15) is 4.79 Å². The first-order chi connectivity index (χ1) is 9.09. The van der Waals surface area contributed by atoms with E-state index in [0.29, 0.717) is 11.8 Å². The van der Waals surface area contributed by atoms with Gasteiger partial charge in [0.2, 0.25) is 5.91 Å². The number of amides is 1. The summed E-state index contributed by atoms with van der Waals surface area (Å²) in [6.07, 6.45) is 0. The van der Waals surface area contributed by atoms with E-state index < -0.39 is 5.41 Å². The first kappa shape index (κ1) is 12.7. The van der Waals surface area contributed by atoms with Crippen molar-refractivity contribution in [3.05, 3.63) is 35.9 Å². The summed E-state index contributed by atoms with van der Waals surface area (Å²) in [7, 11) is 0. The number of hydrogen-bond donors (Lipinski definition) is 1. The molecule has 3 nitrogen and oxygen atoms in total. The van der Waals surface area contributed by atoms with Gasteiger partial charge in [-0.2, -0.15) is 0 Å². The van der Waals surface area contributed by atoms with E-state index in [-0.39, 0.29) is 5.91 Å². The van der Waals surface area contributed by atoms with Crippen LogP contribution >= 0.6 is 0 Å². The van der Waals surface area contributed by atoms with Gasteiger partial charge in [-0.15, -0.1) is 0 Å². The highest BCUT2D eigenvalue weighted by Gasteiger charge is 2.42. The Morgan fingerprint density at radius 1 is 1.16 bits per heavy atom. The summed E-state index contributed by atoms with van der Waals surface area (Å²) in [5.74, 6) is 1.60. The Morgan fingerprint density at radius 3 is 2.32 bits per heavy atom. The highest BCUT2D eigenvalue weighted by Crippen LogP contribution is 2.32. The van der Waals surface area contributed by atoms with Crippen LogP contribution in [0.2, 0.25) is 0 Å². The van der Waals surface area contributed by atoms with Gasteiger partial charge in [-0.1, -0.05) is 30.3 Å². The third-order valence-corrected chi connectivity index (χ3v) is 4.71. The predicted octanol–water partition coefficient (Wildman–Crippen LogP) is 1.64. The van der Waals surface area contributed by atoms with E-state index in [0.717, 1.165) is 31.7 Å². The Morgan fingerprint density at radius 2 is 1.74 bits per heavy atom. The molecule has 0 bridgehead atoms. The molecular weight excluding hydrogens is 236 g/mol. The fourth-order valence-electron chi connectivity index (χ4n) is 3.39. The first-order valence-corrected chi connectivity index (χ1v) is 7.14. The molecule has 2 fully saturated rings. The molecule has 0 aromatic heterocycles. The number of nitrogens with zero attached hydrogens (tertiary/aromatic N) is 1. The average molecular weight is 258 g/mol. The van der Waals surface area contributed by atoms with Crippen LogP contribution in [0.15, 0.2) is 30.3 Å². The highest BCUT2D eigenvalue weighted by molar-refractivity contribution is 5.87. The van der Waals surface area contributed by atoms with Crippen LogP contribution in [0, 0.1) is 11.8 Å². The molecule has 3 rings (SSSR count). The van der Waals surface area contributed by atoms with Gasteiger partial charge in [0.15, 0.2) is 0 Å². The number of benzene rings is 1. The second kappa shape index (κ2) is 4.64. The van der Waals surface area contributed by atoms with Crippen molar-refractivity contribution in [1.82, 2.24) is 10.2 Å². The Labute approximate surface area is 115 Å². The molecule has 1 amide bonds. The van der Waals surface area contributed by atoms with Crippen molar-refractivity contribution in [3.63, 3.8) is 0 Å². The van der Waals surface area contributed by atoms with Gasteiger partial charge in [0.25, 0.3) is 0 Å². The topological polar surface area (TPSA) is 32.3 Å². The van der Waals surface area contributed by atoms with Crippen molar-refractivity contribution in [2.75, 3.05) is 26.2 Å². The van der Waals surface area contributed by atoms with Crippen molar-refractivity contribution in [1.29, 1.82) is 0 Å². The summed E-state index contributed by atoms with van der Waals surface area (Å²) >= 11 is 0. The van der Waals surface area contributed by atoms with Crippen molar-refractivity contribution in [2.45, 2.75) is 19.3 Å². The third-order valence-electron chi connectivity index (χ3n) is 4.71. The summed E-state index contributed by atoms with van der Waals surface area (Å²) in [4.78, 5) is 14.9. The Balaban J connectivity index is 1.77. The van der Waals surface area contributed by atoms with Crippen LogP contribution in [0.25, 0.3) is 0 Å². The van der Waals surface area contributed by atoms with E-state index in [4.69, 9.17) is 0 Å². The smallest absolute Gasteiger partial charge is 0.232 e. The fraction of sp³-hybridized carbons (Fsp3) is 0.562.